The molecule has 1 aromatic rings. The van der Waals surface area contributed by atoms with E-state index in [2.05, 4.69) is 10.3 Å². The molecule has 0 amide bonds. The van der Waals surface area contributed by atoms with Crippen LogP contribution in [0.15, 0.2) is 24.5 Å². The summed E-state index contributed by atoms with van der Waals surface area (Å²) in [5.41, 5.74) is 1.22. The largest absolute Gasteiger partial charge is 0.316 e. The number of aromatic nitrogens is 1. The Balaban J connectivity index is 0.000000810. The maximum Gasteiger partial charge on any atom is 0.0312 e. The zero-order chi connectivity index (χ0) is 6.53. The van der Waals surface area contributed by atoms with Crippen molar-refractivity contribution in [3.05, 3.63) is 30.1 Å². The Hall–Kier alpha value is -0.890. The maximum absolute atomic E-state index is 3.96. The van der Waals surface area contributed by atoms with Crippen molar-refractivity contribution >= 4 is 0 Å². The third-order valence-corrected chi connectivity index (χ3v) is 1.10. The molecule has 0 unspecified atom stereocenters. The number of hydrogen-bond donors (Lipinski definition) is 1. The van der Waals surface area contributed by atoms with Crippen LogP contribution in [0.2, 0.25) is 0 Å². The predicted molar refractivity (Wildman–Crippen MR) is 43.7 cm³/mol. The number of pyridine rings is 1. The quantitative estimate of drug-likeness (QED) is 0.668. The molecule has 0 fully saturated rings. The van der Waals surface area contributed by atoms with Gasteiger partial charge in [-0.1, -0.05) is 13.5 Å². The zero-order valence-electron chi connectivity index (χ0n) is 5.46. The summed E-state index contributed by atoms with van der Waals surface area (Å²) in [5.74, 6) is 0. The Kier molecular flexibility index (Phi) is 4.50. The second-order valence-corrected chi connectivity index (χ2v) is 1.89. The van der Waals surface area contributed by atoms with E-state index in [-0.39, 0.29) is 7.43 Å². The van der Waals surface area contributed by atoms with Crippen LogP contribution in [0.25, 0.3) is 0 Å². The Morgan fingerprint density at radius 3 is 2.90 bits per heavy atom. The smallest absolute Gasteiger partial charge is 0.0312 e. The van der Waals surface area contributed by atoms with Crippen LogP contribution < -0.4 is 5.32 Å². The van der Waals surface area contributed by atoms with Crippen LogP contribution >= 0.6 is 0 Å². The fourth-order valence-electron chi connectivity index (χ4n) is 0.707. The Bertz CT molecular complexity index is 160. The van der Waals surface area contributed by atoms with Gasteiger partial charge in [-0.25, -0.2) is 0 Å². The summed E-state index contributed by atoms with van der Waals surface area (Å²) in [6.07, 6.45) is 3.63. The van der Waals surface area contributed by atoms with E-state index in [0.717, 1.165) is 6.54 Å². The van der Waals surface area contributed by atoms with Crippen molar-refractivity contribution in [1.29, 1.82) is 0 Å². The van der Waals surface area contributed by atoms with Crippen LogP contribution in [-0.4, -0.2) is 12.0 Å². The summed E-state index contributed by atoms with van der Waals surface area (Å²) in [6, 6.07) is 3.98. The fraction of sp³-hybridized carbons (Fsp3) is 0.375. The summed E-state index contributed by atoms with van der Waals surface area (Å²) in [7, 11) is 1.92. The van der Waals surface area contributed by atoms with E-state index < -0.39 is 0 Å². The van der Waals surface area contributed by atoms with Crippen molar-refractivity contribution < 1.29 is 0 Å². The van der Waals surface area contributed by atoms with Crippen LogP contribution in [0.4, 0.5) is 0 Å². The van der Waals surface area contributed by atoms with Gasteiger partial charge in [-0.15, -0.1) is 0 Å². The molecule has 0 aliphatic rings. The lowest BCUT2D eigenvalue weighted by atomic mass is 10.3. The lowest BCUT2D eigenvalue weighted by Gasteiger charge is -1.95. The van der Waals surface area contributed by atoms with Gasteiger partial charge in [0.05, 0.1) is 0 Å². The molecule has 0 aliphatic heterocycles. The SMILES string of the molecule is C.CNCc1cccnc1. The minimum atomic E-state index is 0. The molecule has 1 heterocycles. The van der Waals surface area contributed by atoms with Gasteiger partial charge in [0.2, 0.25) is 0 Å². The average molecular weight is 138 g/mol. The minimum Gasteiger partial charge on any atom is -0.316 e. The van der Waals surface area contributed by atoms with Gasteiger partial charge in [-0.3, -0.25) is 4.98 Å². The molecule has 2 heteroatoms. The number of rotatable bonds is 2. The molecule has 56 valence electrons. The Morgan fingerprint density at radius 2 is 2.40 bits per heavy atom. The first-order chi connectivity index (χ1) is 4.43. The Morgan fingerprint density at radius 1 is 1.60 bits per heavy atom. The van der Waals surface area contributed by atoms with Gasteiger partial charge in [0.25, 0.3) is 0 Å². The monoisotopic (exact) mass is 138 g/mol. The Labute approximate surface area is 62.3 Å². The molecule has 1 rings (SSSR count). The van der Waals surface area contributed by atoms with Crippen molar-refractivity contribution in [1.82, 2.24) is 10.3 Å². The normalized spacial score (nSPS) is 8.50. The minimum absolute atomic E-state index is 0. The number of nitrogens with one attached hydrogen (secondary N) is 1. The van der Waals surface area contributed by atoms with Gasteiger partial charge in [0, 0.05) is 18.9 Å². The molecule has 0 spiro atoms. The molecule has 0 saturated carbocycles. The van der Waals surface area contributed by atoms with E-state index in [0.29, 0.717) is 0 Å². The zero-order valence-corrected chi connectivity index (χ0v) is 5.46. The predicted octanol–water partition coefficient (Wildman–Crippen LogP) is 1.44. The highest BCUT2D eigenvalue weighted by atomic mass is 14.8. The van der Waals surface area contributed by atoms with Gasteiger partial charge in [-0.2, -0.15) is 0 Å². The molecule has 1 N–H and O–H groups in total. The highest BCUT2D eigenvalue weighted by Gasteiger charge is 1.84. The molecule has 0 radical (unpaired) electrons. The van der Waals surface area contributed by atoms with E-state index >= 15 is 0 Å². The van der Waals surface area contributed by atoms with Gasteiger partial charge in [0.15, 0.2) is 0 Å². The van der Waals surface area contributed by atoms with Crippen molar-refractivity contribution in [3.63, 3.8) is 0 Å². The fourth-order valence-corrected chi connectivity index (χ4v) is 0.707. The lowest BCUT2D eigenvalue weighted by molar-refractivity contribution is 0.813. The first kappa shape index (κ1) is 9.11. The van der Waals surface area contributed by atoms with Crippen LogP contribution in [0, 0.1) is 0 Å². The summed E-state index contributed by atoms with van der Waals surface area (Å²) < 4.78 is 0. The van der Waals surface area contributed by atoms with Gasteiger partial charge >= 0.3 is 0 Å². The molecule has 0 aliphatic carbocycles. The molecule has 0 bridgehead atoms. The summed E-state index contributed by atoms with van der Waals surface area (Å²) in [5, 5.41) is 3.04. The summed E-state index contributed by atoms with van der Waals surface area (Å²) in [6.45, 7) is 0.897. The third-order valence-electron chi connectivity index (χ3n) is 1.10. The molecule has 2 nitrogen and oxygen atoms in total. The summed E-state index contributed by atoms with van der Waals surface area (Å²) in [4.78, 5) is 3.96. The third kappa shape index (κ3) is 2.60. The number of nitrogens with zero attached hydrogens (tertiary/aromatic N) is 1. The lowest BCUT2D eigenvalue weighted by Crippen LogP contribution is -2.04. The van der Waals surface area contributed by atoms with E-state index in [9.17, 15) is 0 Å². The first-order valence-electron chi connectivity index (χ1n) is 2.97. The highest BCUT2D eigenvalue weighted by Crippen LogP contribution is 1.92. The number of hydrogen-bond acceptors (Lipinski definition) is 2. The van der Waals surface area contributed by atoms with Crippen LogP contribution in [0.1, 0.15) is 13.0 Å². The van der Waals surface area contributed by atoms with Crippen LogP contribution in [0.5, 0.6) is 0 Å². The molecule has 0 atom stereocenters. The average Bonchev–Trinajstić information content (AvgIpc) is 1.91. The molecular formula is C8H14N2. The molecule has 0 saturated heterocycles. The molecule has 0 aromatic carbocycles. The maximum atomic E-state index is 3.96. The van der Waals surface area contributed by atoms with Crippen molar-refractivity contribution in [2.75, 3.05) is 7.05 Å². The van der Waals surface area contributed by atoms with Crippen molar-refractivity contribution in [2.45, 2.75) is 14.0 Å². The van der Waals surface area contributed by atoms with E-state index in [1.807, 2.05) is 25.4 Å². The van der Waals surface area contributed by atoms with Crippen LogP contribution in [0.3, 0.4) is 0 Å². The highest BCUT2D eigenvalue weighted by molar-refractivity contribution is 5.07. The molecule has 10 heavy (non-hydrogen) atoms. The van der Waals surface area contributed by atoms with Gasteiger partial charge in [0.1, 0.15) is 0 Å². The van der Waals surface area contributed by atoms with E-state index in [1.165, 1.54) is 5.56 Å². The summed E-state index contributed by atoms with van der Waals surface area (Å²) >= 11 is 0. The standard InChI is InChI=1S/C7H10N2.CH4/c1-8-5-7-3-2-4-9-6-7;/h2-4,6,8H,5H2,1H3;1H4. The van der Waals surface area contributed by atoms with Crippen molar-refractivity contribution in [2.24, 2.45) is 0 Å². The second-order valence-electron chi connectivity index (χ2n) is 1.89. The van der Waals surface area contributed by atoms with E-state index in [4.69, 9.17) is 0 Å². The first-order valence-corrected chi connectivity index (χ1v) is 2.97. The second kappa shape index (κ2) is 4.94. The van der Waals surface area contributed by atoms with Gasteiger partial charge < -0.3 is 5.32 Å². The van der Waals surface area contributed by atoms with Crippen LogP contribution in [-0.2, 0) is 6.54 Å². The molecule has 1 aromatic heterocycles. The topological polar surface area (TPSA) is 24.9 Å². The molecular weight excluding hydrogens is 124 g/mol. The van der Waals surface area contributed by atoms with Gasteiger partial charge in [-0.05, 0) is 18.7 Å². The van der Waals surface area contributed by atoms with E-state index in [1.54, 1.807) is 6.20 Å². The van der Waals surface area contributed by atoms with Crippen molar-refractivity contribution in [3.8, 4) is 0 Å².